The second-order valence-electron chi connectivity index (χ2n) is 9.10. The van der Waals surface area contributed by atoms with Crippen LogP contribution in [-0.4, -0.2) is 25.9 Å². The van der Waals surface area contributed by atoms with Crippen molar-refractivity contribution in [3.8, 4) is 16.8 Å². The number of benzene rings is 2. The summed E-state index contributed by atoms with van der Waals surface area (Å²) < 4.78 is 9.87. The van der Waals surface area contributed by atoms with Gasteiger partial charge in [0.05, 0.1) is 33.2 Å². The van der Waals surface area contributed by atoms with Crippen LogP contribution in [0.2, 0.25) is 5.02 Å². The smallest absolute Gasteiger partial charge is 0.282 e. The molecule has 7 heteroatoms. The summed E-state index contributed by atoms with van der Waals surface area (Å²) in [5, 5.41) is 5.45. The van der Waals surface area contributed by atoms with Crippen LogP contribution in [-0.2, 0) is 10.2 Å². The van der Waals surface area contributed by atoms with Crippen molar-refractivity contribution in [2.45, 2.75) is 44.8 Å². The third kappa shape index (κ3) is 2.79. The van der Waals surface area contributed by atoms with Gasteiger partial charge >= 0.3 is 0 Å². The molecule has 6 nitrogen and oxygen atoms in total. The summed E-state index contributed by atoms with van der Waals surface area (Å²) in [6, 6.07) is 11.9. The zero-order valence-electron chi connectivity index (χ0n) is 18.0. The number of halogens is 1. The van der Waals surface area contributed by atoms with Crippen LogP contribution in [0, 0.1) is 0 Å². The summed E-state index contributed by atoms with van der Waals surface area (Å²) >= 11 is 6.36. The van der Waals surface area contributed by atoms with Crippen molar-refractivity contribution in [2.75, 3.05) is 6.61 Å². The van der Waals surface area contributed by atoms with Crippen molar-refractivity contribution in [1.82, 2.24) is 19.3 Å². The lowest BCUT2D eigenvalue weighted by Gasteiger charge is -2.22. The Morgan fingerprint density at radius 1 is 1.16 bits per heavy atom. The molecule has 1 atom stereocenters. The fourth-order valence-corrected chi connectivity index (χ4v) is 5.25. The summed E-state index contributed by atoms with van der Waals surface area (Å²) in [5.41, 5.74) is 4.35. The van der Waals surface area contributed by atoms with E-state index < -0.39 is 5.41 Å². The predicted octanol–water partition coefficient (Wildman–Crippen LogP) is 5.24. The van der Waals surface area contributed by atoms with E-state index in [4.69, 9.17) is 16.3 Å². The van der Waals surface area contributed by atoms with Crippen LogP contribution in [0.1, 0.15) is 50.7 Å². The molecule has 32 heavy (non-hydrogen) atoms. The second-order valence-corrected chi connectivity index (χ2v) is 9.50. The van der Waals surface area contributed by atoms with Gasteiger partial charge in [0.25, 0.3) is 5.56 Å². The van der Waals surface area contributed by atoms with Crippen LogP contribution < -0.4 is 5.56 Å². The zero-order chi connectivity index (χ0) is 22.0. The van der Waals surface area contributed by atoms with E-state index in [1.165, 1.54) is 0 Å². The first kappa shape index (κ1) is 19.7. The molecule has 1 unspecified atom stereocenters. The Morgan fingerprint density at radius 3 is 2.84 bits per heavy atom. The van der Waals surface area contributed by atoms with E-state index in [9.17, 15) is 4.79 Å². The van der Waals surface area contributed by atoms with Crippen molar-refractivity contribution < 1.29 is 4.74 Å². The van der Waals surface area contributed by atoms with Crippen LogP contribution in [0.25, 0.3) is 27.7 Å². The van der Waals surface area contributed by atoms with Crippen molar-refractivity contribution >= 4 is 22.5 Å². The van der Waals surface area contributed by atoms with E-state index in [0.29, 0.717) is 10.4 Å². The Morgan fingerprint density at radius 2 is 2.03 bits per heavy atom. The molecule has 0 bridgehead atoms. The van der Waals surface area contributed by atoms with E-state index in [1.807, 2.05) is 23.0 Å². The summed E-state index contributed by atoms with van der Waals surface area (Å²) in [6.07, 6.45) is 7.23. The summed E-state index contributed by atoms with van der Waals surface area (Å²) in [7, 11) is 0. The maximum atomic E-state index is 12.8. The first-order valence-corrected chi connectivity index (χ1v) is 11.4. The molecule has 4 heterocycles. The quantitative estimate of drug-likeness (QED) is 0.422. The van der Waals surface area contributed by atoms with Crippen LogP contribution in [0.3, 0.4) is 0 Å². The standard InChI is InChI=1S/C25H23ClN4O2/c1-25(2)17-12-15(16-13-27-29(14-16)21-8-3-4-11-32-21)9-10-19(17)30-20-7-5-6-18(26)22(20)23(31)28-24(25)30/h5-7,9-10,12-14,21H,3-4,8,11H2,1-2H3. The normalized spacial score (nSPS) is 19.2. The van der Waals surface area contributed by atoms with E-state index in [0.717, 1.165) is 59.6 Å². The van der Waals surface area contributed by atoms with Crippen molar-refractivity contribution in [2.24, 2.45) is 0 Å². The van der Waals surface area contributed by atoms with Gasteiger partial charge in [-0.25, -0.2) is 4.68 Å². The molecule has 2 aliphatic rings. The van der Waals surface area contributed by atoms with Gasteiger partial charge in [0.2, 0.25) is 0 Å². The molecule has 1 saturated heterocycles. The Bertz CT molecular complexity index is 1430. The lowest BCUT2D eigenvalue weighted by molar-refractivity contribution is -0.0394. The van der Waals surface area contributed by atoms with Crippen LogP contribution in [0.15, 0.2) is 53.6 Å². The van der Waals surface area contributed by atoms with E-state index in [2.05, 4.69) is 52.9 Å². The van der Waals surface area contributed by atoms with Crippen LogP contribution in [0.5, 0.6) is 0 Å². The van der Waals surface area contributed by atoms with E-state index in [-0.39, 0.29) is 11.8 Å². The highest BCUT2D eigenvalue weighted by atomic mass is 35.5. The lowest BCUT2D eigenvalue weighted by Crippen LogP contribution is -2.24. The molecule has 162 valence electrons. The molecular weight excluding hydrogens is 424 g/mol. The summed E-state index contributed by atoms with van der Waals surface area (Å²) in [5.74, 6) is 0.732. The molecule has 6 rings (SSSR count). The molecule has 2 aliphatic heterocycles. The molecule has 0 saturated carbocycles. The zero-order valence-corrected chi connectivity index (χ0v) is 18.8. The van der Waals surface area contributed by atoms with Gasteiger partial charge in [0, 0.05) is 18.4 Å². The fourth-order valence-electron chi connectivity index (χ4n) is 5.00. The Hall–Kier alpha value is -2.96. The predicted molar refractivity (Wildman–Crippen MR) is 125 cm³/mol. The highest BCUT2D eigenvalue weighted by Crippen LogP contribution is 2.44. The minimum absolute atomic E-state index is 0.0129. The topological polar surface area (TPSA) is 61.9 Å². The Kier molecular flexibility index (Phi) is 4.32. The monoisotopic (exact) mass is 446 g/mol. The average Bonchev–Trinajstić information content (AvgIpc) is 3.37. The molecule has 0 amide bonds. The molecule has 1 fully saturated rings. The molecule has 0 radical (unpaired) electrons. The number of aromatic nitrogens is 4. The van der Waals surface area contributed by atoms with E-state index >= 15 is 0 Å². The minimum Gasteiger partial charge on any atom is -0.357 e. The number of rotatable bonds is 2. The average molecular weight is 447 g/mol. The first-order chi connectivity index (χ1) is 15.4. The largest absolute Gasteiger partial charge is 0.357 e. The van der Waals surface area contributed by atoms with Gasteiger partial charge in [-0.15, -0.1) is 0 Å². The lowest BCUT2D eigenvalue weighted by atomic mass is 9.84. The molecule has 0 N–H and O–H groups in total. The molecule has 2 aromatic heterocycles. The van der Waals surface area contributed by atoms with Gasteiger partial charge in [-0.3, -0.25) is 9.36 Å². The van der Waals surface area contributed by atoms with Gasteiger partial charge < -0.3 is 4.74 Å². The number of hydrogen-bond donors (Lipinski definition) is 0. The second kappa shape index (κ2) is 7.02. The molecule has 0 spiro atoms. The maximum Gasteiger partial charge on any atom is 0.282 e. The summed E-state index contributed by atoms with van der Waals surface area (Å²) in [4.78, 5) is 17.3. The minimum atomic E-state index is -0.427. The van der Waals surface area contributed by atoms with Crippen molar-refractivity contribution in [1.29, 1.82) is 0 Å². The van der Waals surface area contributed by atoms with Gasteiger partial charge in [-0.2, -0.15) is 10.1 Å². The SMILES string of the molecule is CC1(C)c2cc(-c3cnn(C4CCCCO4)c3)ccc2-n2c1nc(=O)c1c(Cl)cccc12. The third-order valence-electron chi connectivity index (χ3n) is 6.72. The van der Waals surface area contributed by atoms with Crippen LogP contribution in [0.4, 0.5) is 0 Å². The third-order valence-corrected chi connectivity index (χ3v) is 7.04. The van der Waals surface area contributed by atoms with Gasteiger partial charge in [-0.05, 0) is 68.5 Å². The van der Waals surface area contributed by atoms with Gasteiger partial charge in [0.1, 0.15) is 12.1 Å². The maximum absolute atomic E-state index is 12.8. The van der Waals surface area contributed by atoms with Crippen molar-refractivity contribution in [3.63, 3.8) is 0 Å². The number of ether oxygens (including phenoxy) is 1. The van der Waals surface area contributed by atoms with Crippen molar-refractivity contribution in [3.05, 3.63) is 75.6 Å². The summed E-state index contributed by atoms with van der Waals surface area (Å²) in [6.45, 7) is 5.00. The molecular formula is C25H23ClN4O2. The number of hydrogen-bond acceptors (Lipinski definition) is 4. The fraction of sp³-hybridized carbons (Fsp3) is 0.320. The number of nitrogens with zero attached hydrogens (tertiary/aromatic N) is 4. The number of fused-ring (bicyclic) bond motifs is 5. The highest BCUT2D eigenvalue weighted by Gasteiger charge is 2.39. The van der Waals surface area contributed by atoms with Gasteiger partial charge in [-0.1, -0.05) is 23.7 Å². The molecule has 0 aliphatic carbocycles. The first-order valence-electron chi connectivity index (χ1n) is 11.0. The molecule has 2 aromatic carbocycles. The Labute approximate surface area is 190 Å². The Balaban J connectivity index is 1.49. The van der Waals surface area contributed by atoms with E-state index in [1.54, 1.807) is 6.07 Å². The van der Waals surface area contributed by atoms with Gasteiger partial charge in [0.15, 0.2) is 0 Å². The molecule has 4 aromatic rings. The highest BCUT2D eigenvalue weighted by molar-refractivity contribution is 6.35. The van der Waals surface area contributed by atoms with Crippen LogP contribution >= 0.6 is 11.6 Å².